The topological polar surface area (TPSA) is 42.7 Å². The van der Waals surface area contributed by atoms with Crippen LogP contribution in [0.3, 0.4) is 0 Å². The van der Waals surface area contributed by atoms with Gasteiger partial charge in [-0.15, -0.1) is 0 Å². The fraction of sp³-hybridized carbons (Fsp3) is 0.158. The molecule has 0 aliphatic heterocycles. The molecule has 4 rings (SSSR count). The summed E-state index contributed by atoms with van der Waals surface area (Å²) in [6.07, 6.45) is 1.79. The molecule has 0 radical (unpaired) electrons. The smallest absolute Gasteiger partial charge is 0.183 e. The van der Waals surface area contributed by atoms with Gasteiger partial charge < -0.3 is 5.32 Å². The van der Waals surface area contributed by atoms with Crippen molar-refractivity contribution < 1.29 is 0 Å². The van der Waals surface area contributed by atoms with E-state index in [1.54, 1.807) is 17.5 Å². The molecule has 0 bridgehead atoms. The summed E-state index contributed by atoms with van der Waals surface area (Å²) in [5, 5.41) is 9.44. The highest BCUT2D eigenvalue weighted by molar-refractivity contribution is 7.22. The van der Waals surface area contributed by atoms with Gasteiger partial charge in [-0.3, -0.25) is 0 Å². The average Bonchev–Trinajstić information content (AvgIpc) is 3.19. The monoisotopic (exact) mass is 368 g/mol. The summed E-state index contributed by atoms with van der Waals surface area (Å²) in [5.74, 6) is 0. The van der Waals surface area contributed by atoms with Crippen LogP contribution in [0.5, 0.6) is 0 Å². The maximum absolute atomic E-state index is 6.34. The SMILES string of the molecule is CC(C)Nc1nc2ccc(-c3ccnn3-c3ccccc3Cl)cc2s1. The van der Waals surface area contributed by atoms with E-state index in [-0.39, 0.29) is 0 Å². The van der Waals surface area contributed by atoms with Crippen LogP contribution in [0.4, 0.5) is 5.13 Å². The first-order chi connectivity index (χ1) is 12.1. The van der Waals surface area contributed by atoms with Gasteiger partial charge in [0.25, 0.3) is 0 Å². The minimum Gasteiger partial charge on any atom is -0.359 e. The molecule has 2 heterocycles. The van der Waals surface area contributed by atoms with E-state index in [2.05, 4.69) is 47.4 Å². The summed E-state index contributed by atoms with van der Waals surface area (Å²) >= 11 is 8.01. The second-order valence-electron chi connectivity index (χ2n) is 6.08. The highest BCUT2D eigenvalue weighted by atomic mass is 35.5. The predicted octanol–water partition coefficient (Wildman–Crippen LogP) is 5.62. The number of halogens is 1. The standard InChI is InChI=1S/C19H17ClN4S/c1-12(2)22-19-23-15-8-7-13(11-18(15)25-19)16-9-10-21-24(16)17-6-4-3-5-14(17)20/h3-12H,1-2H3,(H,22,23). The fourth-order valence-electron chi connectivity index (χ4n) is 2.73. The Morgan fingerprint density at radius 2 is 1.96 bits per heavy atom. The minimum absolute atomic E-state index is 0.363. The maximum Gasteiger partial charge on any atom is 0.183 e. The van der Waals surface area contributed by atoms with Gasteiger partial charge in [-0.25, -0.2) is 9.67 Å². The van der Waals surface area contributed by atoms with Crippen molar-refractivity contribution in [1.82, 2.24) is 14.8 Å². The van der Waals surface area contributed by atoms with E-state index < -0.39 is 0 Å². The van der Waals surface area contributed by atoms with Gasteiger partial charge in [0.2, 0.25) is 0 Å². The fourth-order valence-corrected chi connectivity index (χ4v) is 4.00. The van der Waals surface area contributed by atoms with Crippen LogP contribution in [-0.2, 0) is 0 Å². The molecule has 0 atom stereocenters. The van der Waals surface area contributed by atoms with E-state index in [9.17, 15) is 0 Å². The van der Waals surface area contributed by atoms with Crippen LogP contribution in [0.15, 0.2) is 54.7 Å². The second-order valence-corrected chi connectivity index (χ2v) is 7.52. The largest absolute Gasteiger partial charge is 0.359 e. The Morgan fingerprint density at radius 1 is 1.12 bits per heavy atom. The van der Waals surface area contributed by atoms with E-state index in [0.29, 0.717) is 11.1 Å². The van der Waals surface area contributed by atoms with Crippen molar-refractivity contribution in [2.75, 3.05) is 5.32 Å². The predicted molar refractivity (Wildman–Crippen MR) is 106 cm³/mol. The van der Waals surface area contributed by atoms with Crippen LogP contribution in [-0.4, -0.2) is 20.8 Å². The Labute approximate surface area is 155 Å². The molecule has 0 aliphatic carbocycles. The third-order valence-electron chi connectivity index (χ3n) is 3.82. The Balaban J connectivity index is 1.78. The second kappa shape index (κ2) is 6.50. The summed E-state index contributed by atoms with van der Waals surface area (Å²) in [7, 11) is 0. The lowest BCUT2D eigenvalue weighted by atomic mass is 10.1. The molecule has 126 valence electrons. The van der Waals surface area contributed by atoms with Gasteiger partial charge >= 0.3 is 0 Å². The molecule has 6 heteroatoms. The Kier molecular flexibility index (Phi) is 4.19. The first-order valence-corrected chi connectivity index (χ1v) is 9.28. The highest BCUT2D eigenvalue weighted by Gasteiger charge is 2.12. The summed E-state index contributed by atoms with van der Waals surface area (Å²) in [5.41, 5.74) is 3.96. The van der Waals surface area contributed by atoms with Crippen molar-refractivity contribution in [2.45, 2.75) is 19.9 Å². The maximum atomic E-state index is 6.34. The lowest BCUT2D eigenvalue weighted by Crippen LogP contribution is -2.08. The molecule has 4 aromatic rings. The van der Waals surface area contributed by atoms with Crippen LogP contribution in [0.2, 0.25) is 5.02 Å². The number of benzene rings is 2. The van der Waals surface area contributed by atoms with Crippen LogP contribution in [0.1, 0.15) is 13.8 Å². The number of fused-ring (bicyclic) bond motifs is 1. The molecule has 1 N–H and O–H groups in total. The molecule has 25 heavy (non-hydrogen) atoms. The lowest BCUT2D eigenvalue weighted by molar-refractivity contribution is 0.888. The van der Waals surface area contributed by atoms with Crippen molar-refractivity contribution in [3.05, 3.63) is 59.8 Å². The molecule has 0 amide bonds. The molecule has 0 unspecified atom stereocenters. The minimum atomic E-state index is 0.363. The normalized spacial score (nSPS) is 11.4. The Morgan fingerprint density at radius 3 is 2.76 bits per heavy atom. The highest BCUT2D eigenvalue weighted by Crippen LogP contribution is 2.32. The molecule has 0 fully saturated rings. The molecule has 2 aromatic carbocycles. The number of nitrogens with one attached hydrogen (secondary N) is 1. The van der Waals surface area contributed by atoms with Crippen LogP contribution in [0, 0.1) is 0 Å². The summed E-state index contributed by atoms with van der Waals surface area (Å²) in [4.78, 5) is 4.63. The summed E-state index contributed by atoms with van der Waals surface area (Å²) < 4.78 is 3.02. The molecule has 0 spiro atoms. The zero-order chi connectivity index (χ0) is 17.4. The van der Waals surface area contributed by atoms with Crippen molar-refractivity contribution in [3.63, 3.8) is 0 Å². The number of anilines is 1. The molecule has 4 nitrogen and oxygen atoms in total. The first-order valence-electron chi connectivity index (χ1n) is 8.08. The zero-order valence-corrected chi connectivity index (χ0v) is 15.5. The van der Waals surface area contributed by atoms with Gasteiger partial charge in [-0.05, 0) is 44.2 Å². The van der Waals surface area contributed by atoms with E-state index in [4.69, 9.17) is 11.6 Å². The van der Waals surface area contributed by atoms with Crippen molar-refractivity contribution >= 4 is 38.3 Å². The van der Waals surface area contributed by atoms with Gasteiger partial charge in [0.05, 0.1) is 32.8 Å². The number of para-hydroxylation sites is 1. The van der Waals surface area contributed by atoms with Gasteiger partial charge in [0, 0.05) is 11.6 Å². The first kappa shape index (κ1) is 16.1. The molecular weight excluding hydrogens is 352 g/mol. The average molecular weight is 369 g/mol. The summed E-state index contributed by atoms with van der Waals surface area (Å²) in [6, 6.07) is 16.4. The van der Waals surface area contributed by atoms with Crippen molar-refractivity contribution in [2.24, 2.45) is 0 Å². The van der Waals surface area contributed by atoms with Crippen molar-refractivity contribution in [3.8, 4) is 16.9 Å². The van der Waals surface area contributed by atoms with Crippen LogP contribution >= 0.6 is 22.9 Å². The van der Waals surface area contributed by atoms with E-state index in [0.717, 1.165) is 32.3 Å². The number of hydrogen-bond donors (Lipinski definition) is 1. The summed E-state index contributed by atoms with van der Waals surface area (Å²) in [6.45, 7) is 4.22. The molecule has 0 aliphatic rings. The third-order valence-corrected chi connectivity index (χ3v) is 5.09. The van der Waals surface area contributed by atoms with Gasteiger partial charge in [-0.2, -0.15) is 5.10 Å². The number of rotatable bonds is 4. The zero-order valence-electron chi connectivity index (χ0n) is 13.9. The van der Waals surface area contributed by atoms with E-state index in [1.807, 2.05) is 35.0 Å². The van der Waals surface area contributed by atoms with Gasteiger partial charge in [0.15, 0.2) is 5.13 Å². The lowest BCUT2D eigenvalue weighted by Gasteiger charge is -2.09. The van der Waals surface area contributed by atoms with Crippen LogP contribution < -0.4 is 5.32 Å². The number of nitrogens with zero attached hydrogens (tertiary/aromatic N) is 3. The molecule has 0 saturated heterocycles. The Hall–Kier alpha value is -2.37. The van der Waals surface area contributed by atoms with Gasteiger partial charge in [-0.1, -0.05) is 41.1 Å². The molecule has 2 aromatic heterocycles. The number of hydrogen-bond acceptors (Lipinski definition) is 4. The van der Waals surface area contributed by atoms with Gasteiger partial charge in [0.1, 0.15) is 0 Å². The third kappa shape index (κ3) is 3.13. The number of aromatic nitrogens is 3. The van der Waals surface area contributed by atoms with E-state index >= 15 is 0 Å². The van der Waals surface area contributed by atoms with E-state index in [1.165, 1.54) is 0 Å². The molecule has 0 saturated carbocycles. The van der Waals surface area contributed by atoms with Crippen LogP contribution in [0.25, 0.3) is 27.2 Å². The Bertz CT molecular complexity index is 1030. The molecular formula is C19H17ClN4S. The number of thiazole rings is 1. The quantitative estimate of drug-likeness (QED) is 0.508. The van der Waals surface area contributed by atoms with Crippen molar-refractivity contribution in [1.29, 1.82) is 0 Å².